The van der Waals surface area contributed by atoms with Crippen molar-refractivity contribution in [2.24, 2.45) is 0 Å². The van der Waals surface area contributed by atoms with Gasteiger partial charge in [0.05, 0.1) is 45.7 Å². The lowest BCUT2D eigenvalue weighted by atomic mass is 9.93. The molecule has 6 fully saturated rings. The fourth-order valence-electron chi connectivity index (χ4n) is 12.3. The Labute approximate surface area is 564 Å². The molecular weight excluding hydrogens is 1310 g/mol. The minimum atomic E-state index is -2.07. The normalized spacial score (nSPS) is 39.6. The zero-order chi connectivity index (χ0) is 71.8. The lowest BCUT2D eigenvalue weighted by Gasteiger charge is -2.51. The average Bonchev–Trinajstić information content (AvgIpc) is 0.801. The zero-order valence-electron chi connectivity index (χ0n) is 55.3. The number of aliphatic hydroxyl groups excluding tert-OH is 13. The number of carbonyl (C=O) groups is 5. The summed E-state index contributed by atoms with van der Waals surface area (Å²) in [6, 6.07) is -2.54. The number of ether oxygens (including phenoxy) is 13. The van der Waals surface area contributed by atoms with Crippen LogP contribution in [-0.4, -0.2) is 327 Å². The number of benzene rings is 1. The Balaban J connectivity index is 1.08. The summed E-state index contributed by atoms with van der Waals surface area (Å²) in [6.07, 6.45) is -38.2. The van der Waals surface area contributed by atoms with Gasteiger partial charge in [-0.15, -0.1) is 11.8 Å². The fraction of sp³-hybridized carbons (Fsp3) is 0.790. The monoisotopic (exact) mass is 1410 g/mol. The van der Waals surface area contributed by atoms with Crippen molar-refractivity contribution in [1.82, 2.24) is 26.6 Å². The predicted molar refractivity (Wildman–Crippen MR) is 327 cm³/mol. The maximum Gasteiger partial charge on any atom is 0.251 e. The van der Waals surface area contributed by atoms with E-state index < -0.39 is 246 Å². The fourth-order valence-corrected chi connectivity index (χ4v) is 12.3. The Hall–Kier alpha value is -5.07. The molecule has 6 saturated heterocycles. The first-order valence-corrected chi connectivity index (χ1v) is 32.5. The summed E-state index contributed by atoms with van der Waals surface area (Å²) in [5, 5.41) is 158. The van der Waals surface area contributed by atoms with Gasteiger partial charge in [0.25, 0.3) is 5.91 Å². The SMILES string of the molecule is CCCCCC#CCCCOc1cccc(C(=O)N[C@@H]2C(O[C@H]3C(O)C(NC(C)=O)C(OC4C(CO)OC(O[C@H]5C(O)C(NC(C)=O)C(OC6C(CO[C@@H]7OC(C)C(O)[C@H](O)[C@H]7OC)O[C@@H](O)[C@@H](NC(C)=O)[C@H]6O)O[C@H]5CO)[C@@H](NC(C)=O)[C@H]4O)O[C@H]3CO)OC(CO)[C@@H](O)[C@@H]2O)c1. The highest BCUT2D eigenvalue weighted by Gasteiger charge is 2.58. The smallest absolute Gasteiger partial charge is 0.251 e. The van der Waals surface area contributed by atoms with Gasteiger partial charge in [-0.2, -0.15) is 0 Å². The summed E-state index contributed by atoms with van der Waals surface area (Å²) in [5.41, 5.74) is 0.0331. The Kier molecular flexibility index (Phi) is 30.9. The maximum absolute atomic E-state index is 13.9. The Morgan fingerprint density at radius 3 is 1.35 bits per heavy atom. The quantitative estimate of drug-likeness (QED) is 0.0262. The van der Waals surface area contributed by atoms with Gasteiger partial charge in [-0.1, -0.05) is 25.8 Å². The molecule has 5 amide bonds. The van der Waals surface area contributed by atoms with Crippen LogP contribution in [0.15, 0.2) is 24.3 Å². The minimum Gasteiger partial charge on any atom is -0.494 e. The first-order chi connectivity index (χ1) is 46.7. The van der Waals surface area contributed by atoms with Gasteiger partial charge in [-0.25, -0.2) is 0 Å². The van der Waals surface area contributed by atoms with E-state index in [0.29, 0.717) is 18.6 Å². The molecule has 98 heavy (non-hydrogen) atoms. The van der Waals surface area contributed by atoms with Crippen molar-refractivity contribution >= 4 is 29.5 Å². The number of methoxy groups -OCH3 is 1. The van der Waals surface area contributed by atoms with Crippen LogP contribution in [0.2, 0.25) is 0 Å². The largest absolute Gasteiger partial charge is 0.494 e. The van der Waals surface area contributed by atoms with Crippen molar-refractivity contribution in [2.75, 3.05) is 46.8 Å². The second kappa shape index (κ2) is 37.7. The highest BCUT2D eigenvalue weighted by Crippen LogP contribution is 2.37. The highest BCUT2D eigenvalue weighted by molar-refractivity contribution is 5.94. The molecule has 0 aliphatic carbocycles. The van der Waals surface area contributed by atoms with Crippen LogP contribution >= 0.6 is 0 Å². The predicted octanol–water partition coefficient (Wildman–Crippen LogP) is -7.66. The van der Waals surface area contributed by atoms with Crippen LogP contribution in [0, 0.1) is 11.8 Å². The van der Waals surface area contributed by atoms with Gasteiger partial charge in [0.15, 0.2) is 37.7 Å². The molecule has 0 bridgehead atoms. The van der Waals surface area contributed by atoms with Crippen molar-refractivity contribution in [2.45, 2.75) is 264 Å². The van der Waals surface area contributed by atoms with Gasteiger partial charge in [0, 0.05) is 53.2 Å². The number of carbonyl (C=O) groups excluding carboxylic acids is 5. The Morgan fingerprint density at radius 2 is 0.898 bits per heavy atom. The van der Waals surface area contributed by atoms with Gasteiger partial charge in [-0.3, -0.25) is 24.0 Å². The van der Waals surface area contributed by atoms with Crippen LogP contribution < -0.4 is 31.3 Å². The van der Waals surface area contributed by atoms with Gasteiger partial charge in [0.2, 0.25) is 23.6 Å². The summed E-state index contributed by atoms with van der Waals surface area (Å²) >= 11 is 0. The van der Waals surface area contributed by atoms with Crippen LogP contribution in [0.4, 0.5) is 0 Å². The molecule has 6 aliphatic rings. The molecule has 0 radical (unpaired) electrons. The average molecular weight is 1410 g/mol. The van der Waals surface area contributed by atoms with Crippen LogP contribution in [-0.2, 0) is 76.0 Å². The number of hydrogen-bond acceptors (Lipinski definition) is 31. The number of hydrogen-bond donors (Lipinski definition) is 18. The first kappa shape index (κ1) is 80.2. The van der Waals surface area contributed by atoms with Crippen molar-refractivity contribution in [3.63, 3.8) is 0 Å². The number of amides is 5. The van der Waals surface area contributed by atoms with E-state index in [-0.39, 0.29) is 12.2 Å². The van der Waals surface area contributed by atoms with E-state index in [9.17, 15) is 90.4 Å². The Bertz CT molecular complexity index is 2770. The van der Waals surface area contributed by atoms with E-state index in [2.05, 4.69) is 45.3 Å². The first-order valence-electron chi connectivity index (χ1n) is 32.5. The molecule has 1 aromatic carbocycles. The van der Waals surface area contributed by atoms with Gasteiger partial charge in [-0.05, 0) is 38.0 Å². The molecule has 7 rings (SSSR count). The number of nitrogens with one attached hydrogen (secondary N) is 5. The summed E-state index contributed by atoms with van der Waals surface area (Å²) in [6.45, 7) is 3.40. The van der Waals surface area contributed by atoms with Crippen LogP contribution in [0.5, 0.6) is 5.75 Å². The number of aliphatic hydroxyl groups is 13. The van der Waals surface area contributed by atoms with E-state index in [1.165, 1.54) is 26.2 Å². The molecule has 1 aromatic rings. The lowest BCUT2D eigenvalue weighted by molar-refractivity contribution is -0.368. The lowest BCUT2D eigenvalue weighted by Crippen LogP contribution is -2.72. The highest BCUT2D eigenvalue weighted by atomic mass is 16.8. The molecule has 15 unspecified atom stereocenters. The summed E-state index contributed by atoms with van der Waals surface area (Å²) in [5.74, 6) is 2.54. The van der Waals surface area contributed by atoms with Crippen LogP contribution in [0.3, 0.4) is 0 Å². The minimum absolute atomic E-state index is 0.0331. The van der Waals surface area contributed by atoms with Gasteiger partial charge in [0.1, 0.15) is 146 Å². The van der Waals surface area contributed by atoms with Crippen LogP contribution in [0.25, 0.3) is 0 Å². The van der Waals surface area contributed by atoms with Crippen molar-refractivity contribution < 1.29 is 152 Å². The zero-order valence-corrected chi connectivity index (χ0v) is 55.3. The van der Waals surface area contributed by atoms with E-state index in [1.807, 2.05) is 0 Å². The number of rotatable bonds is 29. The molecule has 0 spiro atoms. The molecular formula is C62H97N5O31. The molecule has 556 valence electrons. The third-order valence-corrected chi connectivity index (χ3v) is 17.4. The van der Waals surface area contributed by atoms with E-state index in [1.54, 1.807) is 12.1 Å². The molecule has 36 heteroatoms. The summed E-state index contributed by atoms with van der Waals surface area (Å²) < 4.78 is 77.8. The molecule has 0 aromatic heterocycles. The van der Waals surface area contributed by atoms with Crippen molar-refractivity contribution in [1.29, 1.82) is 0 Å². The third kappa shape index (κ3) is 20.2. The molecule has 36 nitrogen and oxygen atoms in total. The van der Waals surface area contributed by atoms with E-state index in [4.69, 9.17) is 61.6 Å². The van der Waals surface area contributed by atoms with Crippen molar-refractivity contribution in [3.8, 4) is 17.6 Å². The van der Waals surface area contributed by atoms with Gasteiger partial charge >= 0.3 is 0 Å². The molecule has 6 heterocycles. The Morgan fingerprint density at radius 1 is 0.469 bits per heavy atom. The van der Waals surface area contributed by atoms with Gasteiger partial charge < -0.3 is 155 Å². The molecule has 6 aliphatic heterocycles. The van der Waals surface area contributed by atoms with E-state index in [0.717, 1.165) is 53.4 Å². The molecule has 30 atom stereocenters. The van der Waals surface area contributed by atoms with Crippen molar-refractivity contribution in [3.05, 3.63) is 29.8 Å². The molecule has 18 N–H and O–H groups in total. The third-order valence-electron chi connectivity index (χ3n) is 17.4. The standard InChI is InChI=1S/C62H97N5O31/c1-8-9-10-11-12-13-14-15-19-87-32-18-16-17-31(20-32)56(84)67-39-45(78)44(77)33(21-68)91-58(39)95-51-34(22-69)92-59(40(47(51)80)64-28(4)73)96-52-35(23-70)93-60(41(48(52)81)65-29(5)74)97-53-36(24-71)94-61(42(49(53)82)66-30(6)75)98-54-37(90-57(85)38(46(54)79)63-27(3)72)25-88-62-55(86-7)50(83)43(76)26(2)89-62/h16-18,20,26,33-55,57-62,68-71,76-83,85H,8-11,14-15,19,21-25H2,1-7H3,(H,63,72)(H,64,73)(H,65,74)(H,66,75)(H,67,84)/t26?,33?,34-,35?,36-,37?,38-,39-,40?,41-,42?,43?,44+,45+,46+,47?,48+,49?,50-,51+,52?,53+,54?,55+,57+,58?,59?,60?,61?,62+/m0/s1. The summed E-state index contributed by atoms with van der Waals surface area (Å²) in [4.78, 5) is 65.1. The summed E-state index contributed by atoms with van der Waals surface area (Å²) in [7, 11) is 1.21. The van der Waals surface area contributed by atoms with E-state index >= 15 is 0 Å². The topological polar surface area (TPSA) is 528 Å². The second-order valence-electron chi connectivity index (χ2n) is 24.7. The number of unbranched alkanes of at least 4 members (excludes halogenated alkanes) is 4. The second-order valence-corrected chi connectivity index (χ2v) is 24.7. The van der Waals surface area contributed by atoms with Crippen LogP contribution in [0.1, 0.15) is 90.4 Å². The molecule has 0 saturated carbocycles. The maximum atomic E-state index is 13.9.